The molecule has 0 radical (unpaired) electrons. The summed E-state index contributed by atoms with van der Waals surface area (Å²) in [6.45, 7) is 1.85. The fourth-order valence-electron chi connectivity index (χ4n) is 1.55. The lowest BCUT2D eigenvalue weighted by Gasteiger charge is -2.11. The van der Waals surface area contributed by atoms with Gasteiger partial charge in [-0.1, -0.05) is 11.6 Å². The predicted molar refractivity (Wildman–Crippen MR) is 79.7 cm³/mol. The zero-order valence-corrected chi connectivity index (χ0v) is 12.0. The lowest BCUT2D eigenvalue weighted by atomic mass is 10.3. The van der Waals surface area contributed by atoms with Gasteiger partial charge in [0.1, 0.15) is 11.6 Å². The number of aryl methyl sites for hydroxylation is 1. The number of nitrogen functional groups attached to an aromatic ring is 1. The zero-order valence-electron chi connectivity index (χ0n) is 10.5. The van der Waals surface area contributed by atoms with Gasteiger partial charge in [-0.2, -0.15) is 4.98 Å². The van der Waals surface area contributed by atoms with E-state index in [0.717, 1.165) is 5.69 Å². The van der Waals surface area contributed by atoms with E-state index in [1.165, 1.54) is 0 Å². The van der Waals surface area contributed by atoms with Crippen LogP contribution >= 0.6 is 24.0 Å². The molecule has 0 fully saturated rings. The molecule has 0 aliphatic heterocycles. The molecule has 19 heavy (non-hydrogen) atoms. The predicted octanol–water partition coefficient (Wildman–Crippen LogP) is 3.19. The quantitative estimate of drug-likeness (QED) is 0.910. The molecule has 0 bridgehead atoms. The average Bonchev–Trinajstić information content (AvgIpc) is 2.27. The zero-order chi connectivity index (χ0) is 13.1. The summed E-state index contributed by atoms with van der Waals surface area (Å²) in [5.74, 6) is 1.47. The lowest BCUT2D eigenvalue weighted by molar-refractivity contribution is 0.417. The Morgan fingerprint density at radius 3 is 2.63 bits per heavy atom. The molecule has 0 unspecified atom stereocenters. The van der Waals surface area contributed by atoms with Crippen LogP contribution in [-0.4, -0.2) is 17.1 Å². The Morgan fingerprint density at radius 2 is 2.00 bits per heavy atom. The smallest absolute Gasteiger partial charge is 0.229 e. The van der Waals surface area contributed by atoms with Crippen LogP contribution in [0.3, 0.4) is 0 Å². The highest BCUT2D eigenvalue weighted by Gasteiger charge is 2.06. The molecule has 102 valence electrons. The second-order valence-electron chi connectivity index (χ2n) is 3.73. The van der Waals surface area contributed by atoms with Gasteiger partial charge in [0.25, 0.3) is 0 Å². The third-order valence-electron chi connectivity index (χ3n) is 2.28. The van der Waals surface area contributed by atoms with Crippen molar-refractivity contribution in [1.29, 1.82) is 0 Å². The fourth-order valence-corrected chi connectivity index (χ4v) is 1.72. The monoisotopic (exact) mass is 300 g/mol. The van der Waals surface area contributed by atoms with E-state index in [1.54, 1.807) is 31.4 Å². The van der Waals surface area contributed by atoms with Crippen molar-refractivity contribution >= 4 is 41.5 Å². The Balaban J connectivity index is 0.00000180. The Kier molecular flexibility index (Phi) is 5.20. The van der Waals surface area contributed by atoms with Crippen molar-refractivity contribution in [2.24, 2.45) is 0 Å². The molecular weight excluding hydrogens is 287 g/mol. The van der Waals surface area contributed by atoms with Crippen molar-refractivity contribution in [3.63, 3.8) is 0 Å². The molecule has 0 aliphatic rings. The standard InChI is InChI=1S/C12H13ClN4O.ClH/c1-7-5-11(14)17-12(15-7)16-9-6-8(13)3-4-10(9)18-2;/h3-6H,1-2H3,(H3,14,15,16,17);1H. The highest BCUT2D eigenvalue weighted by atomic mass is 35.5. The second-order valence-corrected chi connectivity index (χ2v) is 4.16. The van der Waals surface area contributed by atoms with Gasteiger partial charge in [0.2, 0.25) is 5.95 Å². The SMILES string of the molecule is COc1ccc(Cl)cc1Nc1nc(C)cc(N)n1.Cl. The van der Waals surface area contributed by atoms with Gasteiger partial charge in [-0.25, -0.2) is 4.98 Å². The summed E-state index contributed by atoms with van der Waals surface area (Å²) in [4.78, 5) is 8.32. The lowest BCUT2D eigenvalue weighted by Crippen LogP contribution is -2.02. The molecular formula is C12H14Cl2N4O. The van der Waals surface area contributed by atoms with Crippen molar-refractivity contribution in [3.05, 3.63) is 35.0 Å². The van der Waals surface area contributed by atoms with Crippen LogP contribution < -0.4 is 15.8 Å². The second kappa shape index (κ2) is 6.45. The summed E-state index contributed by atoms with van der Waals surface area (Å²) in [5.41, 5.74) is 7.14. The van der Waals surface area contributed by atoms with Gasteiger partial charge in [0.15, 0.2) is 0 Å². The van der Waals surface area contributed by atoms with E-state index in [1.807, 2.05) is 6.92 Å². The molecule has 1 heterocycles. The largest absolute Gasteiger partial charge is 0.495 e. The number of anilines is 3. The van der Waals surface area contributed by atoms with Crippen molar-refractivity contribution in [2.45, 2.75) is 6.92 Å². The molecule has 1 aromatic heterocycles. The van der Waals surface area contributed by atoms with Gasteiger partial charge in [0.05, 0.1) is 12.8 Å². The number of aromatic nitrogens is 2. The first kappa shape index (κ1) is 15.3. The summed E-state index contributed by atoms with van der Waals surface area (Å²) in [6.07, 6.45) is 0. The van der Waals surface area contributed by atoms with Crippen LogP contribution in [0.4, 0.5) is 17.5 Å². The minimum Gasteiger partial charge on any atom is -0.495 e. The maximum Gasteiger partial charge on any atom is 0.229 e. The summed E-state index contributed by atoms with van der Waals surface area (Å²) < 4.78 is 5.23. The molecule has 2 aromatic rings. The van der Waals surface area contributed by atoms with E-state index in [9.17, 15) is 0 Å². The van der Waals surface area contributed by atoms with Crippen LogP contribution in [0.15, 0.2) is 24.3 Å². The molecule has 0 amide bonds. The van der Waals surface area contributed by atoms with Crippen molar-refractivity contribution in [2.75, 3.05) is 18.2 Å². The first-order valence-corrected chi connectivity index (χ1v) is 5.68. The Hall–Kier alpha value is -1.72. The number of nitrogens with two attached hydrogens (primary N) is 1. The molecule has 0 aliphatic carbocycles. The van der Waals surface area contributed by atoms with Crippen molar-refractivity contribution in [1.82, 2.24) is 9.97 Å². The summed E-state index contributed by atoms with van der Waals surface area (Å²) in [7, 11) is 1.58. The third kappa shape index (κ3) is 3.87. The number of halogens is 2. The molecule has 0 atom stereocenters. The van der Waals surface area contributed by atoms with Gasteiger partial charge in [0, 0.05) is 16.8 Å². The molecule has 5 nitrogen and oxygen atoms in total. The van der Waals surface area contributed by atoms with Crippen LogP contribution in [0.5, 0.6) is 5.75 Å². The number of hydrogen-bond donors (Lipinski definition) is 2. The molecule has 0 saturated heterocycles. The van der Waals surface area contributed by atoms with Crippen LogP contribution in [0, 0.1) is 6.92 Å². The maximum absolute atomic E-state index is 5.94. The molecule has 7 heteroatoms. The maximum atomic E-state index is 5.94. The van der Waals surface area contributed by atoms with Crippen LogP contribution in [-0.2, 0) is 0 Å². The fraction of sp³-hybridized carbons (Fsp3) is 0.167. The summed E-state index contributed by atoms with van der Waals surface area (Å²) in [5, 5.41) is 3.63. The van der Waals surface area contributed by atoms with Gasteiger partial charge in [-0.3, -0.25) is 0 Å². The summed E-state index contributed by atoms with van der Waals surface area (Å²) in [6, 6.07) is 6.95. The highest BCUT2D eigenvalue weighted by Crippen LogP contribution is 2.29. The van der Waals surface area contributed by atoms with E-state index in [0.29, 0.717) is 28.2 Å². The molecule has 0 spiro atoms. The number of methoxy groups -OCH3 is 1. The van der Waals surface area contributed by atoms with E-state index >= 15 is 0 Å². The van der Waals surface area contributed by atoms with E-state index in [-0.39, 0.29) is 12.4 Å². The number of rotatable bonds is 3. The van der Waals surface area contributed by atoms with Gasteiger partial charge in [-0.15, -0.1) is 12.4 Å². The van der Waals surface area contributed by atoms with Crippen LogP contribution in [0.2, 0.25) is 5.02 Å². The number of nitrogens with zero attached hydrogens (tertiary/aromatic N) is 2. The first-order valence-electron chi connectivity index (χ1n) is 5.30. The molecule has 1 aromatic carbocycles. The number of nitrogens with one attached hydrogen (secondary N) is 1. The molecule has 0 saturated carbocycles. The van der Waals surface area contributed by atoms with Crippen LogP contribution in [0.25, 0.3) is 0 Å². The Bertz CT molecular complexity index is 557. The van der Waals surface area contributed by atoms with Crippen molar-refractivity contribution in [3.8, 4) is 5.75 Å². The van der Waals surface area contributed by atoms with E-state index in [4.69, 9.17) is 22.1 Å². The average molecular weight is 301 g/mol. The topological polar surface area (TPSA) is 73.1 Å². The van der Waals surface area contributed by atoms with E-state index in [2.05, 4.69) is 15.3 Å². The highest BCUT2D eigenvalue weighted by molar-refractivity contribution is 6.30. The minimum atomic E-state index is 0. The Labute approximate surface area is 122 Å². The number of ether oxygens (including phenoxy) is 1. The van der Waals surface area contributed by atoms with Gasteiger partial charge >= 0.3 is 0 Å². The van der Waals surface area contributed by atoms with Crippen LogP contribution in [0.1, 0.15) is 5.69 Å². The van der Waals surface area contributed by atoms with Crippen molar-refractivity contribution < 1.29 is 4.74 Å². The number of benzene rings is 1. The van der Waals surface area contributed by atoms with E-state index < -0.39 is 0 Å². The normalized spacial score (nSPS) is 9.63. The van der Waals surface area contributed by atoms with Gasteiger partial charge in [-0.05, 0) is 25.1 Å². The molecule has 3 N–H and O–H groups in total. The molecule has 2 rings (SSSR count). The van der Waals surface area contributed by atoms with Gasteiger partial charge < -0.3 is 15.8 Å². The minimum absolute atomic E-state index is 0. The third-order valence-corrected chi connectivity index (χ3v) is 2.52. The first-order chi connectivity index (χ1) is 8.58. The number of hydrogen-bond acceptors (Lipinski definition) is 5. The summed E-state index contributed by atoms with van der Waals surface area (Å²) >= 11 is 5.94. The Morgan fingerprint density at radius 1 is 1.26 bits per heavy atom.